The number of ketones is 1. The fourth-order valence-corrected chi connectivity index (χ4v) is 3.69. The first kappa shape index (κ1) is 21.7. The van der Waals surface area contributed by atoms with E-state index >= 15 is 0 Å². The van der Waals surface area contributed by atoms with E-state index in [0.29, 0.717) is 35.1 Å². The molecule has 3 aromatic rings. The van der Waals surface area contributed by atoms with Crippen molar-refractivity contribution >= 4 is 23.0 Å². The number of hydrogen-bond acceptors (Lipinski definition) is 7. The standard InChI is InChI=1S/C22H25N3O4S/c1-15(26)16-9-10-18(28-2)17(13-16)14-20(27)23-11-5-3-4-8-21-24-22(25-29-21)19-7-6-12-30-19/h6-7,9-10,12-13H,3-5,8,11,14H2,1-2H3,(H,23,27). The summed E-state index contributed by atoms with van der Waals surface area (Å²) in [7, 11) is 1.55. The topological polar surface area (TPSA) is 94.3 Å². The van der Waals surface area contributed by atoms with Crippen LogP contribution >= 0.6 is 11.3 Å². The number of aryl methyl sites for hydroxylation is 1. The zero-order chi connectivity index (χ0) is 21.3. The molecule has 0 bridgehead atoms. The lowest BCUT2D eigenvalue weighted by atomic mass is 10.0. The number of ether oxygens (including phenoxy) is 1. The fraction of sp³-hybridized carbons (Fsp3) is 0.364. The number of unbranched alkanes of at least 4 members (excludes halogenated alkanes) is 2. The number of benzene rings is 1. The Morgan fingerprint density at radius 3 is 2.80 bits per heavy atom. The molecule has 30 heavy (non-hydrogen) atoms. The molecule has 8 heteroatoms. The second-order valence-corrected chi connectivity index (χ2v) is 7.86. The minimum absolute atomic E-state index is 0.0388. The minimum atomic E-state index is -0.0912. The third kappa shape index (κ3) is 6.00. The predicted octanol–water partition coefficient (Wildman–Crippen LogP) is 4.08. The van der Waals surface area contributed by atoms with Crippen molar-refractivity contribution in [3.05, 3.63) is 52.7 Å². The van der Waals surface area contributed by atoms with Crippen LogP contribution in [0.2, 0.25) is 0 Å². The largest absolute Gasteiger partial charge is 0.496 e. The van der Waals surface area contributed by atoms with Crippen LogP contribution < -0.4 is 10.1 Å². The fourth-order valence-electron chi connectivity index (χ4n) is 3.04. The minimum Gasteiger partial charge on any atom is -0.496 e. The number of aromatic nitrogens is 2. The highest BCUT2D eigenvalue weighted by atomic mass is 32.1. The van der Waals surface area contributed by atoms with E-state index < -0.39 is 0 Å². The smallest absolute Gasteiger partial charge is 0.226 e. The van der Waals surface area contributed by atoms with Gasteiger partial charge in [-0.05, 0) is 49.4 Å². The summed E-state index contributed by atoms with van der Waals surface area (Å²) in [6.07, 6.45) is 3.62. The van der Waals surface area contributed by atoms with Crippen LogP contribution in [0.5, 0.6) is 5.75 Å². The number of methoxy groups -OCH3 is 1. The number of carbonyl (C=O) groups excluding carboxylic acids is 2. The second kappa shape index (κ2) is 10.7. The summed E-state index contributed by atoms with van der Waals surface area (Å²) < 4.78 is 10.6. The zero-order valence-corrected chi connectivity index (χ0v) is 18.0. The Balaban J connectivity index is 1.36. The molecule has 2 heterocycles. The molecule has 0 fully saturated rings. The van der Waals surface area contributed by atoms with Crippen molar-refractivity contribution in [3.63, 3.8) is 0 Å². The molecule has 158 valence electrons. The van der Waals surface area contributed by atoms with E-state index in [1.165, 1.54) is 6.92 Å². The Bertz CT molecular complexity index is 982. The van der Waals surface area contributed by atoms with Crippen molar-refractivity contribution in [2.75, 3.05) is 13.7 Å². The number of rotatable bonds is 11. The van der Waals surface area contributed by atoms with Gasteiger partial charge in [-0.3, -0.25) is 9.59 Å². The average molecular weight is 428 g/mol. The lowest BCUT2D eigenvalue weighted by molar-refractivity contribution is -0.120. The van der Waals surface area contributed by atoms with Crippen molar-refractivity contribution in [1.29, 1.82) is 0 Å². The van der Waals surface area contributed by atoms with Crippen LogP contribution in [0.3, 0.4) is 0 Å². The molecule has 0 unspecified atom stereocenters. The van der Waals surface area contributed by atoms with E-state index in [1.807, 2.05) is 17.5 Å². The van der Waals surface area contributed by atoms with Gasteiger partial charge in [-0.25, -0.2) is 0 Å². The number of amides is 1. The van der Waals surface area contributed by atoms with E-state index in [0.717, 1.165) is 30.6 Å². The van der Waals surface area contributed by atoms with Gasteiger partial charge in [0.1, 0.15) is 5.75 Å². The van der Waals surface area contributed by atoms with Crippen molar-refractivity contribution in [2.45, 2.75) is 39.0 Å². The Morgan fingerprint density at radius 1 is 1.20 bits per heavy atom. The van der Waals surface area contributed by atoms with Crippen LogP contribution in [0, 0.1) is 0 Å². The summed E-state index contributed by atoms with van der Waals surface area (Å²) in [5.41, 5.74) is 1.28. The Kier molecular flexibility index (Phi) is 7.73. The first-order valence-corrected chi connectivity index (χ1v) is 10.8. The van der Waals surface area contributed by atoms with Gasteiger partial charge >= 0.3 is 0 Å². The lowest BCUT2D eigenvalue weighted by Crippen LogP contribution is -2.26. The molecule has 1 aromatic carbocycles. The first-order chi connectivity index (χ1) is 14.6. The molecule has 0 radical (unpaired) electrons. The summed E-state index contributed by atoms with van der Waals surface area (Å²) in [4.78, 5) is 29.2. The molecule has 1 N–H and O–H groups in total. The summed E-state index contributed by atoms with van der Waals surface area (Å²) in [5.74, 6) is 1.75. The van der Waals surface area contributed by atoms with Crippen LogP contribution in [0.15, 0.2) is 40.2 Å². The maximum Gasteiger partial charge on any atom is 0.226 e. The maximum absolute atomic E-state index is 12.2. The Morgan fingerprint density at radius 2 is 2.07 bits per heavy atom. The summed E-state index contributed by atoms with van der Waals surface area (Å²) in [6, 6.07) is 9.07. The van der Waals surface area contributed by atoms with Crippen molar-refractivity contribution in [1.82, 2.24) is 15.5 Å². The molecule has 3 rings (SSSR count). The number of Topliss-reactive ketones (excluding diaryl/α,β-unsaturated/α-hetero) is 1. The van der Waals surface area contributed by atoms with Crippen molar-refractivity contribution in [3.8, 4) is 16.5 Å². The molecule has 0 saturated carbocycles. The number of carbonyl (C=O) groups is 2. The van der Waals surface area contributed by atoms with Gasteiger partial charge in [-0.2, -0.15) is 4.98 Å². The van der Waals surface area contributed by atoms with E-state index in [2.05, 4.69) is 15.5 Å². The molecule has 0 aliphatic carbocycles. The summed E-state index contributed by atoms with van der Waals surface area (Å²) in [6.45, 7) is 2.10. The van der Waals surface area contributed by atoms with Crippen LogP contribution in [0.25, 0.3) is 10.7 Å². The van der Waals surface area contributed by atoms with Gasteiger partial charge in [-0.15, -0.1) is 11.3 Å². The highest BCUT2D eigenvalue weighted by Crippen LogP contribution is 2.22. The Labute approximate surface area is 179 Å². The van der Waals surface area contributed by atoms with Gasteiger partial charge < -0.3 is 14.6 Å². The highest BCUT2D eigenvalue weighted by Gasteiger charge is 2.12. The SMILES string of the molecule is COc1ccc(C(C)=O)cc1CC(=O)NCCCCCc1nc(-c2cccs2)no1. The lowest BCUT2D eigenvalue weighted by Gasteiger charge is -2.10. The molecule has 0 aliphatic rings. The molecule has 1 amide bonds. The highest BCUT2D eigenvalue weighted by molar-refractivity contribution is 7.13. The Hall–Kier alpha value is -3.00. The van der Waals surface area contributed by atoms with Gasteiger partial charge in [0.15, 0.2) is 5.78 Å². The van der Waals surface area contributed by atoms with E-state index in [-0.39, 0.29) is 18.1 Å². The third-order valence-corrected chi connectivity index (χ3v) is 5.50. The van der Waals surface area contributed by atoms with Crippen LogP contribution in [-0.2, 0) is 17.6 Å². The quantitative estimate of drug-likeness (QED) is 0.366. The van der Waals surface area contributed by atoms with Crippen LogP contribution in [0.4, 0.5) is 0 Å². The van der Waals surface area contributed by atoms with Gasteiger partial charge in [0, 0.05) is 24.1 Å². The summed E-state index contributed by atoms with van der Waals surface area (Å²) in [5, 5.41) is 8.91. The van der Waals surface area contributed by atoms with Crippen LogP contribution in [0.1, 0.15) is 48.0 Å². The van der Waals surface area contributed by atoms with Crippen molar-refractivity contribution < 1.29 is 18.8 Å². The number of thiophene rings is 1. The second-order valence-electron chi connectivity index (χ2n) is 6.91. The molecular weight excluding hydrogens is 402 g/mol. The third-order valence-electron chi connectivity index (χ3n) is 4.64. The molecule has 0 aliphatic heterocycles. The number of nitrogens with one attached hydrogen (secondary N) is 1. The summed E-state index contributed by atoms with van der Waals surface area (Å²) >= 11 is 1.58. The average Bonchev–Trinajstić information content (AvgIpc) is 3.42. The first-order valence-electron chi connectivity index (χ1n) is 9.88. The molecule has 0 spiro atoms. The van der Waals surface area contributed by atoms with Gasteiger partial charge in [0.25, 0.3) is 0 Å². The monoisotopic (exact) mass is 427 g/mol. The predicted molar refractivity (Wildman–Crippen MR) is 115 cm³/mol. The molecule has 0 atom stereocenters. The molecule has 2 aromatic heterocycles. The molecule has 0 saturated heterocycles. The van der Waals surface area contributed by atoms with Gasteiger partial charge in [0.05, 0.1) is 18.4 Å². The molecular formula is C22H25N3O4S. The van der Waals surface area contributed by atoms with Gasteiger partial charge in [-0.1, -0.05) is 17.6 Å². The normalized spacial score (nSPS) is 10.7. The molecule has 7 nitrogen and oxygen atoms in total. The maximum atomic E-state index is 12.2. The van der Waals surface area contributed by atoms with Crippen molar-refractivity contribution in [2.24, 2.45) is 0 Å². The number of nitrogens with zero attached hydrogens (tertiary/aromatic N) is 2. The van der Waals surface area contributed by atoms with E-state index in [9.17, 15) is 9.59 Å². The van der Waals surface area contributed by atoms with E-state index in [4.69, 9.17) is 9.26 Å². The van der Waals surface area contributed by atoms with Crippen LogP contribution in [-0.4, -0.2) is 35.5 Å². The van der Waals surface area contributed by atoms with E-state index in [1.54, 1.807) is 36.6 Å². The van der Waals surface area contributed by atoms with Gasteiger partial charge in [0.2, 0.25) is 17.6 Å². The zero-order valence-electron chi connectivity index (χ0n) is 17.1. The number of hydrogen-bond donors (Lipinski definition) is 1.